The number of amides is 3. The number of ether oxygens (including phenoxy) is 1. The van der Waals surface area contributed by atoms with E-state index in [0.717, 1.165) is 0 Å². The van der Waals surface area contributed by atoms with Gasteiger partial charge < -0.3 is 31.1 Å². The summed E-state index contributed by atoms with van der Waals surface area (Å²) in [7, 11) is 0. The second kappa shape index (κ2) is 9.56. The Balaban J connectivity index is 1.75. The molecule has 2 aliphatic rings. The van der Waals surface area contributed by atoms with Crippen molar-refractivity contribution in [2.24, 2.45) is 5.41 Å². The number of aliphatic hydroxyl groups is 1. The van der Waals surface area contributed by atoms with Gasteiger partial charge >= 0.3 is 5.97 Å². The van der Waals surface area contributed by atoms with E-state index >= 15 is 0 Å². The lowest BCUT2D eigenvalue weighted by molar-refractivity contribution is -0.155. The van der Waals surface area contributed by atoms with Gasteiger partial charge in [0, 0.05) is 12.1 Å². The van der Waals surface area contributed by atoms with Crippen molar-refractivity contribution in [3.05, 3.63) is 28.8 Å². The number of carbonyl (C=O) groups is 4. The summed E-state index contributed by atoms with van der Waals surface area (Å²) in [6.07, 6.45) is -0.531. The Hall–Kier alpha value is -2.85. The molecule has 0 radical (unpaired) electrons. The first kappa shape index (κ1) is 24.8. The molecule has 4 atom stereocenters. The van der Waals surface area contributed by atoms with Gasteiger partial charge in [0.2, 0.25) is 18.1 Å². The monoisotopic (exact) mass is 480 g/mol. The maximum absolute atomic E-state index is 13.5. The maximum atomic E-state index is 13.5. The number of nitrogen functional groups attached to an aromatic ring is 1. The van der Waals surface area contributed by atoms with Crippen LogP contribution in [0.2, 0.25) is 5.02 Å². The van der Waals surface area contributed by atoms with Crippen LogP contribution in [0, 0.1) is 5.41 Å². The number of hydrogen-bond donors (Lipinski definition) is 4. The SMILES string of the molecule is CC(C)(C)C(NC(=O)c1ccc(N)c(Cl)c1)C(=O)N1CCC[C@H]1C(=O)N[C@H]1CC(=O)O[C@H]1O. The fraction of sp³-hybridized carbons (Fsp3) is 0.545. The van der Waals surface area contributed by atoms with Crippen LogP contribution in [-0.4, -0.2) is 64.7 Å². The number of nitrogens with two attached hydrogens (primary N) is 1. The largest absolute Gasteiger partial charge is 0.434 e. The van der Waals surface area contributed by atoms with Gasteiger partial charge in [-0.3, -0.25) is 19.2 Å². The Morgan fingerprint density at radius 1 is 1.30 bits per heavy atom. The average molecular weight is 481 g/mol. The second-order valence-corrected chi connectivity index (χ2v) is 9.81. The molecule has 10 nitrogen and oxygen atoms in total. The number of halogens is 1. The fourth-order valence-corrected chi connectivity index (χ4v) is 4.13. The molecule has 0 aliphatic carbocycles. The van der Waals surface area contributed by atoms with Crippen molar-refractivity contribution in [2.75, 3.05) is 12.3 Å². The number of aliphatic hydroxyl groups excluding tert-OH is 1. The van der Waals surface area contributed by atoms with Crippen molar-refractivity contribution < 1.29 is 29.0 Å². The normalized spacial score (nSPS) is 23.7. The Kier molecular flexibility index (Phi) is 7.18. The number of benzene rings is 1. The highest BCUT2D eigenvalue weighted by Gasteiger charge is 2.43. The van der Waals surface area contributed by atoms with Crippen molar-refractivity contribution >= 4 is 41.0 Å². The minimum atomic E-state index is -1.42. The van der Waals surface area contributed by atoms with Crippen LogP contribution in [0.5, 0.6) is 0 Å². The van der Waals surface area contributed by atoms with Crippen LogP contribution in [-0.2, 0) is 19.1 Å². The standard InChI is InChI=1S/C22H29ClN4O6/c1-22(2,3)17(26-18(29)11-6-7-13(24)12(23)9-11)20(31)27-8-4-5-15(27)19(30)25-14-10-16(28)33-21(14)32/h6-7,9,14-15,17,21,32H,4-5,8,10,24H2,1-3H3,(H,25,30)(H,26,29)/t14-,15-,17?,21+/m0/s1. The maximum Gasteiger partial charge on any atom is 0.310 e. The molecular formula is C22H29ClN4O6. The van der Waals surface area contributed by atoms with E-state index in [-0.39, 0.29) is 17.0 Å². The van der Waals surface area contributed by atoms with Gasteiger partial charge in [-0.2, -0.15) is 0 Å². The Labute approximate surface area is 196 Å². The molecule has 2 aliphatic heterocycles. The first-order chi connectivity index (χ1) is 15.4. The molecule has 5 N–H and O–H groups in total. The van der Waals surface area contributed by atoms with Crippen molar-refractivity contribution in [3.63, 3.8) is 0 Å². The molecule has 2 heterocycles. The van der Waals surface area contributed by atoms with Gasteiger partial charge in [-0.1, -0.05) is 32.4 Å². The number of carbonyl (C=O) groups excluding carboxylic acids is 4. The molecule has 0 bridgehead atoms. The summed E-state index contributed by atoms with van der Waals surface area (Å²) in [5.41, 5.74) is 5.64. The van der Waals surface area contributed by atoms with Crippen molar-refractivity contribution in [2.45, 2.75) is 64.4 Å². The first-order valence-electron chi connectivity index (χ1n) is 10.7. The predicted octanol–water partition coefficient (Wildman–Crippen LogP) is 0.808. The highest BCUT2D eigenvalue weighted by Crippen LogP contribution is 2.27. The summed E-state index contributed by atoms with van der Waals surface area (Å²) in [4.78, 5) is 52.0. The molecular weight excluding hydrogens is 452 g/mol. The van der Waals surface area contributed by atoms with Gasteiger partial charge in [-0.05, 0) is 36.5 Å². The van der Waals surface area contributed by atoms with Gasteiger partial charge in [-0.25, -0.2) is 0 Å². The molecule has 2 saturated heterocycles. The lowest BCUT2D eigenvalue weighted by Gasteiger charge is -2.35. The highest BCUT2D eigenvalue weighted by atomic mass is 35.5. The van der Waals surface area contributed by atoms with E-state index in [2.05, 4.69) is 15.4 Å². The number of likely N-dealkylation sites (tertiary alicyclic amines) is 1. The van der Waals surface area contributed by atoms with Gasteiger partial charge in [0.25, 0.3) is 5.91 Å². The zero-order valence-corrected chi connectivity index (χ0v) is 19.5. The number of cyclic esters (lactones) is 1. The minimum absolute atomic E-state index is 0.140. The van der Waals surface area contributed by atoms with Crippen molar-refractivity contribution in [1.29, 1.82) is 0 Å². The third-order valence-corrected chi connectivity index (χ3v) is 6.13. The fourth-order valence-electron chi connectivity index (χ4n) is 3.95. The molecule has 1 aromatic rings. The third kappa shape index (κ3) is 5.56. The Bertz CT molecular complexity index is 963. The zero-order chi connectivity index (χ0) is 24.5. The molecule has 1 aromatic carbocycles. The second-order valence-electron chi connectivity index (χ2n) is 9.40. The lowest BCUT2D eigenvalue weighted by atomic mass is 9.85. The van der Waals surface area contributed by atoms with Crippen molar-refractivity contribution in [1.82, 2.24) is 15.5 Å². The van der Waals surface area contributed by atoms with Crippen LogP contribution >= 0.6 is 11.6 Å². The number of nitrogens with one attached hydrogen (secondary N) is 2. The summed E-state index contributed by atoms with van der Waals surface area (Å²) in [5.74, 6) is -1.97. The van der Waals surface area contributed by atoms with E-state index in [1.165, 1.54) is 23.1 Å². The molecule has 0 spiro atoms. The van der Waals surface area contributed by atoms with Gasteiger partial charge in [0.15, 0.2) is 0 Å². The number of nitrogens with zero attached hydrogens (tertiary/aromatic N) is 1. The van der Waals surface area contributed by atoms with Gasteiger partial charge in [-0.15, -0.1) is 0 Å². The van der Waals surface area contributed by atoms with Crippen LogP contribution in [0.25, 0.3) is 0 Å². The summed E-state index contributed by atoms with van der Waals surface area (Å²) in [6.45, 7) is 5.79. The molecule has 0 aromatic heterocycles. The molecule has 3 rings (SSSR count). The molecule has 33 heavy (non-hydrogen) atoms. The van der Waals surface area contributed by atoms with Crippen LogP contribution < -0.4 is 16.4 Å². The number of esters is 1. The molecule has 180 valence electrons. The number of hydrogen-bond acceptors (Lipinski definition) is 7. The van der Waals surface area contributed by atoms with Crippen LogP contribution in [0.1, 0.15) is 50.4 Å². The molecule has 11 heteroatoms. The van der Waals surface area contributed by atoms with Crippen molar-refractivity contribution in [3.8, 4) is 0 Å². The predicted molar refractivity (Wildman–Crippen MR) is 120 cm³/mol. The third-order valence-electron chi connectivity index (χ3n) is 5.80. The molecule has 2 fully saturated rings. The topological polar surface area (TPSA) is 151 Å². The smallest absolute Gasteiger partial charge is 0.310 e. The highest BCUT2D eigenvalue weighted by molar-refractivity contribution is 6.33. The molecule has 3 amide bonds. The summed E-state index contributed by atoms with van der Waals surface area (Å²) in [5, 5.41) is 15.4. The number of rotatable bonds is 5. The summed E-state index contributed by atoms with van der Waals surface area (Å²) >= 11 is 6.02. The summed E-state index contributed by atoms with van der Waals surface area (Å²) in [6, 6.07) is 1.89. The van der Waals surface area contributed by atoms with E-state index in [1.807, 2.05) is 20.8 Å². The Morgan fingerprint density at radius 3 is 2.58 bits per heavy atom. The van der Waals surface area contributed by atoms with E-state index in [4.69, 9.17) is 17.3 Å². The zero-order valence-electron chi connectivity index (χ0n) is 18.8. The minimum Gasteiger partial charge on any atom is -0.434 e. The lowest BCUT2D eigenvalue weighted by Crippen LogP contribution is -2.58. The van der Waals surface area contributed by atoms with E-state index in [0.29, 0.717) is 25.1 Å². The van der Waals surface area contributed by atoms with Crippen LogP contribution in [0.4, 0.5) is 5.69 Å². The molecule has 1 unspecified atom stereocenters. The van der Waals surface area contributed by atoms with Crippen LogP contribution in [0.15, 0.2) is 18.2 Å². The number of anilines is 1. The first-order valence-corrected chi connectivity index (χ1v) is 11.1. The van der Waals surface area contributed by atoms with E-state index in [1.54, 1.807) is 0 Å². The van der Waals surface area contributed by atoms with Crippen LogP contribution in [0.3, 0.4) is 0 Å². The van der Waals surface area contributed by atoms with Gasteiger partial charge in [0.05, 0.1) is 17.1 Å². The average Bonchev–Trinajstić information content (AvgIpc) is 3.33. The van der Waals surface area contributed by atoms with E-state index in [9.17, 15) is 24.3 Å². The van der Waals surface area contributed by atoms with Gasteiger partial charge in [0.1, 0.15) is 18.1 Å². The molecule has 0 saturated carbocycles. The summed E-state index contributed by atoms with van der Waals surface area (Å²) < 4.78 is 4.65. The Morgan fingerprint density at radius 2 is 2.00 bits per heavy atom. The quantitative estimate of drug-likeness (QED) is 0.359. The van der Waals surface area contributed by atoms with E-state index < -0.39 is 53.5 Å².